The molecule has 1 heterocycles. The average molecular weight is 470 g/mol. The van der Waals surface area contributed by atoms with Crippen LogP contribution in [0.25, 0.3) is 6.08 Å². The summed E-state index contributed by atoms with van der Waals surface area (Å²) in [7, 11) is 1.59. The molecule has 0 atom stereocenters. The van der Waals surface area contributed by atoms with E-state index in [0.29, 0.717) is 39.9 Å². The largest absolute Gasteiger partial charge is 0.493 e. The van der Waals surface area contributed by atoms with Crippen LogP contribution >= 0.6 is 24.0 Å². The van der Waals surface area contributed by atoms with Gasteiger partial charge in [0.1, 0.15) is 23.3 Å². The van der Waals surface area contributed by atoms with Crippen molar-refractivity contribution in [3.8, 4) is 17.2 Å². The van der Waals surface area contributed by atoms with Gasteiger partial charge in [-0.1, -0.05) is 61.4 Å². The lowest BCUT2D eigenvalue weighted by Crippen LogP contribution is -2.17. The van der Waals surface area contributed by atoms with Crippen molar-refractivity contribution in [2.45, 2.75) is 38.0 Å². The molecular formula is C25H27NO4S2. The monoisotopic (exact) mass is 469 g/mol. The van der Waals surface area contributed by atoms with Crippen molar-refractivity contribution >= 4 is 40.3 Å². The van der Waals surface area contributed by atoms with E-state index in [1.165, 1.54) is 49.4 Å². The van der Waals surface area contributed by atoms with Gasteiger partial charge in [0.2, 0.25) is 0 Å². The van der Waals surface area contributed by atoms with Crippen LogP contribution in [-0.2, 0) is 4.79 Å². The summed E-state index contributed by atoms with van der Waals surface area (Å²) in [5.41, 5.74) is 2.26. The zero-order valence-corrected chi connectivity index (χ0v) is 19.7. The lowest BCUT2D eigenvalue weighted by molar-refractivity contribution is -0.115. The van der Waals surface area contributed by atoms with Crippen LogP contribution < -0.4 is 19.5 Å². The first kappa shape index (κ1) is 22.7. The summed E-state index contributed by atoms with van der Waals surface area (Å²) in [5.74, 6) is 2.60. The first-order valence-corrected chi connectivity index (χ1v) is 12.1. The normalized spacial score (nSPS) is 18.0. The summed E-state index contributed by atoms with van der Waals surface area (Å²) in [6.07, 6.45) is 8.42. The molecule has 4 rings (SSSR count). The molecule has 0 bridgehead atoms. The fourth-order valence-corrected chi connectivity index (χ4v) is 5.09. The third-order valence-electron chi connectivity index (χ3n) is 5.69. The second kappa shape index (κ2) is 10.9. The minimum Gasteiger partial charge on any atom is -0.493 e. The summed E-state index contributed by atoms with van der Waals surface area (Å²) < 4.78 is 17.6. The van der Waals surface area contributed by atoms with E-state index >= 15 is 0 Å². The molecule has 2 aromatic carbocycles. The molecule has 1 aliphatic carbocycles. The molecule has 0 unspecified atom stereocenters. The molecule has 0 spiro atoms. The lowest BCUT2D eigenvalue weighted by Gasteiger charge is -2.22. The van der Waals surface area contributed by atoms with Gasteiger partial charge >= 0.3 is 0 Å². The molecule has 2 aliphatic rings. The zero-order chi connectivity index (χ0) is 22.3. The van der Waals surface area contributed by atoms with Crippen LogP contribution in [0.5, 0.6) is 17.2 Å². The van der Waals surface area contributed by atoms with Crippen LogP contribution in [0.1, 0.15) is 49.1 Å². The van der Waals surface area contributed by atoms with Gasteiger partial charge in [0.05, 0.1) is 12.0 Å². The van der Waals surface area contributed by atoms with Crippen molar-refractivity contribution < 1.29 is 19.0 Å². The number of methoxy groups -OCH3 is 1. The molecule has 1 amide bonds. The fraction of sp³-hybridized carbons (Fsp3) is 0.360. The number of ether oxygens (including phenoxy) is 3. The second-order valence-electron chi connectivity index (χ2n) is 7.86. The maximum absolute atomic E-state index is 11.8. The Morgan fingerprint density at radius 2 is 1.78 bits per heavy atom. The predicted molar refractivity (Wildman–Crippen MR) is 133 cm³/mol. The van der Waals surface area contributed by atoms with E-state index < -0.39 is 0 Å². The van der Waals surface area contributed by atoms with Crippen molar-refractivity contribution in [3.63, 3.8) is 0 Å². The van der Waals surface area contributed by atoms with Crippen molar-refractivity contribution in [1.29, 1.82) is 0 Å². The number of rotatable bonds is 8. The highest BCUT2D eigenvalue weighted by Gasteiger charge is 2.22. The van der Waals surface area contributed by atoms with E-state index in [2.05, 4.69) is 29.6 Å². The van der Waals surface area contributed by atoms with Crippen molar-refractivity contribution in [2.75, 3.05) is 20.3 Å². The average Bonchev–Trinajstić information content (AvgIpc) is 3.14. The summed E-state index contributed by atoms with van der Waals surface area (Å²) in [6.45, 7) is 0.833. The van der Waals surface area contributed by atoms with Crippen LogP contribution in [0.3, 0.4) is 0 Å². The highest BCUT2D eigenvalue weighted by atomic mass is 32.2. The number of thiocarbonyl (C=S) groups is 1. The Morgan fingerprint density at radius 1 is 1.03 bits per heavy atom. The molecule has 7 heteroatoms. The Kier molecular flexibility index (Phi) is 7.71. The van der Waals surface area contributed by atoms with Crippen LogP contribution in [0.15, 0.2) is 47.4 Å². The Balaban J connectivity index is 1.28. The Morgan fingerprint density at radius 3 is 2.47 bits per heavy atom. The molecule has 5 nitrogen and oxygen atoms in total. The third-order valence-corrected chi connectivity index (χ3v) is 6.86. The summed E-state index contributed by atoms with van der Waals surface area (Å²) in [6, 6.07) is 14.0. The zero-order valence-electron chi connectivity index (χ0n) is 18.1. The topological polar surface area (TPSA) is 56.8 Å². The number of hydrogen-bond acceptors (Lipinski definition) is 6. The van der Waals surface area contributed by atoms with E-state index in [9.17, 15) is 4.79 Å². The fourth-order valence-electron chi connectivity index (χ4n) is 4.05. The Bertz CT molecular complexity index is 998. The maximum atomic E-state index is 11.8. The molecular weight excluding hydrogens is 442 g/mol. The number of hydrogen-bond donors (Lipinski definition) is 1. The lowest BCUT2D eigenvalue weighted by atomic mass is 9.84. The molecule has 2 aromatic rings. The molecule has 1 N–H and O–H groups in total. The van der Waals surface area contributed by atoms with E-state index in [-0.39, 0.29) is 5.91 Å². The van der Waals surface area contributed by atoms with Gasteiger partial charge in [0.15, 0.2) is 11.5 Å². The number of thioether (sulfide) groups is 1. The minimum absolute atomic E-state index is 0.178. The minimum atomic E-state index is -0.178. The Labute approximate surface area is 198 Å². The van der Waals surface area contributed by atoms with Gasteiger partial charge < -0.3 is 19.5 Å². The third kappa shape index (κ3) is 5.84. The molecule has 1 saturated heterocycles. The molecule has 0 radical (unpaired) electrons. The van der Waals surface area contributed by atoms with Crippen LogP contribution in [-0.4, -0.2) is 30.6 Å². The maximum Gasteiger partial charge on any atom is 0.263 e. The van der Waals surface area contributed by atoms with Gasteiger partial charge in [-0.05, 0) is 60.2 Å². The number of amides is 1. The molecule has 32 heavy (non-hydrogen) atoms. The first-order valence-electron chi connectivity index (χ1n) is 10.9. The van der Waals surface area contributed by atoms with Crippen LogP contribution in [0.4, 0.5) is 0 Å². The Hall–Kier alpha value is -2.51. The van der Waals surface area contributed by atoms with Gasteiger partial charge in [-0.15, -0.1) is 0 Å². The highest BCUT2D eigenvalue weighted by Crippen LogP contribution is 2.34. The molecule has 168 valence electrons. The van der Waals surface area contributed by atoms with Crippen LogP contribution in [0, 0.1) is 0 Å². The molecule has 2 fully saturated rings. The summed E-state index contributed by atoms with van der Waals surface area (Å²) >= 11 is 6.28. The van der Waals surface area contributed by atoms with Crippen molar-refractivity contribution in [2.24, 2.45) is 0 Å². The van der Waals surface area contributed by atoms with Gasteiger partial charge in [-0.3, -0.25) is 4.79 Å². The smallest absolute Gasteiger partial charge is 0.263 e. The predicted octanol–water partition coefficient (Wildman–Crippen LogP) is 5.69. The van der Waals surface area contributed by atoms with Crippen molar-refractivity contribution in [3.05, 3.63) is 58.5 Å². The van der Waals surface area contributed by atoms with Crippen LogP contribution in [0.2, 0.25) is 0 Å². The standard InChI is InChI=1S/C25H27NO4S2/c1-28-22-15-17(16-23-24(27)26-25(31)32-23)7-12-21(22)30-14-13-29-20-10-8-19(9-11-20)18-5-3-2-4-6-18/h7-12,15-16,18H,2-6,13-14H2,1H3,(H,26,27,31)/b23-16-. The number of nitrogens with one attached hydrogen (secondary N) is 1. The van der Waals surface area contributed by atoms with E-state index in [1.54, 1.807) is 13.2 Å². The number of carbonyl (C=O) groups excluding carboxylic acids is 1. The highest BCUT2D eigenvalue weighted by molar-refractivity contribution is 8.26. The molecule has 1 aliphatic heterocycles. The molecule has 1 saturated carbocycles. The van der Waals surface area contributed by atoms with E-state index in [1.807, 2.05) is 18.2 Å². The van der Waals surface area contributed by atoms with Gasteiger partial charge in [0.25, 0.3) is 5.91 Å². The summed E-state index contributed by atoms with van der Waals surface area (Å²) in [5, 5.41) is 2.61. The first-order chi connectivity index (χ1) is 15.6. The quantitative estimate of drug-likeness (QED) is 0.305. The van der Waals surface area contributed by atoms with Gasteiger partial charge in [-0.2, -0.15) is 0 Å². The SMILES string of the molecule is COc1cc(/C=C2\SC(=S)NC2=O)ccc1OCCOc1ccc(C2CCCCC2)cc1. The van der Waals surface area contributed by atoms with Gasteiger partial charge in [-0.25, -0.2) is 0 Å². The second-order valence-corrected chi connectivity index (χ2v) is 9.58. The van der Waals surface area contributed by atoms with Crippen molar-refractivity contribution in [1.82, 2.24) is 5.32 Å². The number of benzene rings is 2. The summed E-state index contributed by atoms with van der Waals surface area (Å²) in [4.78, 5) is 12.4. The van der Waals surface area contributed by atoms with Gasteiger partial charge in [0, 0.05) is 0 Å². The van der Waals surface area contributed by atoms with E-state index in [4.69, 9.17) is 26.4 Å². The number of carbonyl (C=O) groups is 1. The molecule has 0 aromatic heterocycles. The van der Waals surface area contributed by atoms with E-state index in [0.717, 1.165) is 11.3 Å².